The highest BCUT2D eigenvalue weighted by Gasteiger charge is 2.51. The number of aliphatic hydroxyl groups excluding tert-OH is 8. The van der Waals surface area contributed by atoms with Gasteiger partial charge in [0.05, 0.1) is 32.0 Å². The second-order valence-corrected chi connectivity index (χ2v) is 26.4. The summed E-state index contributed by atoms with van der Waals surface area (Å²) in [6.07, 6.45) is 64.6. The van der Waals surface area contributed by atoms with E-state index >= 15 is 0 Å². The minimum atomic E-state index is -1.79. The molecule has 14 nitrogen and oxygen atoms in total. The first-order valence-corrected chi connectivity index (χ1v) is 37.5. The fourth-order valence-corrected chi connectivity index (χ4v) is 12.2. The van der Waals surface area contributed by atoms with E-state index in [2.05, 4.69) is 67.8 Å². The molecule has 0 aliphatic carbocycles. The largest absolute Gasteiger partial charge is 0.394 e. The molecule has 12 atom stereocenters. The van der Waals surface area contributed by atoms with E-state index in [1.165, 1.54) is 238 Å². The van der Waals surface area contributed by atoms with Crippen LogP contribution in [0.25, 0.3) is 0 Å². The standard InChI is InChI=1S/C76H139NO13/c1-3-5-7-9-11-13-15-17-19-21-22-23-24-25-26-27-28-29-30-31-32-33-34-35-36-37-38-39-40-41-42-44-46-48-50-52-54-56-58-60-68(81)77-64(65(80)59-57-55-53-51-49-47-45-43-20-18-16-14-12-10-8-6-4-2)63-87-75-73(86)71(84)74(67(62-79)89-75)90-76-72(85)70(83)69(82)66(61-78)88-76/h15,17,20-22,43,49,51,57,59,64-67,69-76,78-80,82-86H,3-14,16,18-19,23-42,44-48,50,52-56,58,60-63H2,1-2H3,(H,77,81)/b17-15-,22-21-,43-20+,51-49+,59-57+. The van der Waals surface area contributed by atoms with Gasteiger partial charge in [-0.1, -0.05) is 299 Å². The van der Waals surface area contributed by atoms with E-state index in [-0.39, 0.29) is 18.9 Å². The van der Waals surface area contributed by atoms with Gasteiger partial charge in [0.1, 0.15) is 48.8 Å². The van der Waals surface area contributed by atoms with Crippen LogP contribution in [0.2, 0.25) is 0 Å². The normalized spacial score (nSPS) is 23.2. The predicted molar refractivity (Wildman–Crippen MR) is 369 cm³/mol. The van der Waals surface area contributed by atoms with E-state index < -0.39 is 86.8 Å². The molecule has 2 aliphatic rings. The van der Waals surface area contributed by atoms with Crippen molar-refractivity contribution in [3.63, 3.8) is 0 Å². The Labute approximate surface area is 549 Å². The third-order valence-electron chi connectivity index (χ3n) is 18.2. The summed E-state index contributed by atoms with van der Waals surface area (Å²) >= 11 is 0. The number of allylic oxidation sites excluding steroid dienone is 9. The number of carbonyl (C=O) groups is 1. The zero-order valence-electron chi connectivity index (χ0n) is 57.4. The lowest BCUT2D eigenvalue weighted by molar-refractivity contribution is -0.359. The lowest BCUT2D eigenvalue weighted by Crippen LogP contribution is -2.65. The predicted octanol–water partition coefficient (Wildman–Crippen LogP) is 16.0. The van der Waals surface area contributed by atoms with Crippen LogP contribution in [-0.4, -0.2) is 140 Å². The van der Waals surface area contributed by atoms with Crippen molar-refractivity contribution in [3.05, 3.63) is 60.8 Å². The van der Waals surface area contributed by atoms with Gasteiger partial charge < -0.3 is 65.1 Å². The van der Waals surface area contributed by atoms with E-state index in [1.54, 1.807) is 6.08 Å². The molecule has 0 radical (unpaired) electrons. The van der Waals surface area contributed by atoms with Crippen LogP contribution in [0.4, 0.5) is 0 Å². The second kappa shape index (κ2) is 60.4. The molecule has 12 unspecified atom stereocenters. The van der Waals surface area contributed by atoms with Crippen LogP contribution in [0.5, 0.6) is 0 Å². The fourth-order valence-electron chi connectivity index (χ4n) is 12.2. The van der Waals surface area contributed by atoms with Gasteiger partial charge in [-0.3, -0.25) is 4.79 Å². The number of rotatable bonds is 62. The Kier molecular flexibility index (Phi) is 56.2. The number of aliphatic hydroxyl groups is 8. The Morgan fingerprint density at radius 1 is 0.400 bits per heavy atom. The molecule has 0 aromatic carbocycles. The summed E-state index contributed by atoms with van der Waals surface area (Å²) in [5.74, 6) is -0.249. The Morgan fingerprint density at radius 3 is 1.16 bits per heavy atom. The molecule has 14 heteroatoms. The Hall–Kier alpha value is -2.31. The van der Waals surface area contributed by atoms with Gasteiger partial charge in [0, 0.05) is 6.42 Å². The first-order chi connectivity index (χ1) is 44.1. The molecule has 9 N–H and O–H groups in total. The van der Waals surface area contributed by atoms with Crippen molar-refractivity contribution < 1.29 is 64.6 Å². The van der Waals surface area contributed by atoms with Crippen LogP contribution >= 0.6 is 0 Å². The SMILES string of the molecule is CCCCCCC/C=C\C/C=C\CCCCCCCCCCCCCCCCCCCCCCCCCCCCCC(=O)NC(COC1OC(CO)C(OC2OC(CO)C(O)C(O)C2O)C(O)C1O)C(O)/C=C/CC/C=C/CC/C=C/CCCCCCCCC. The van der Waals surface area contributed by atoms with E-state index in [0.29, 0.717) is 12.8 Å². The molecule has 526 valence electrons. The van der Waals surface area contributed by atoms with Crippen LogP contribution in [0, 0.1) is 0 Å². The summed E-state index contributed by atoms with van der Waals surface area (Å²) in [4.78, 5) is 13.3. The van der Waals surface area contributed by atoms with Crippen LogP contribution in [0.3, 0.4) is 0 Å². The maximum Gasteiger partial charge on any atom is 0.220 e. The maximum atomic E-state index is 13.3. The van der Waals surface area contributed by atoms with Crippen LogP contribution < -0.4 is 5.32 Å². The molecule has 2 rings (SSSR count). The molecular formula is C76H139NO13. The van der Waals surface area contributed by atoms with Gasteiger partial charge in [-0.05, 0) is 77.0 Å². The zero-order chi connectivity index (χ0) is 65.2. The lowest BCUT2D eigenvalue weighted by atomic mass is 9.97. The van der Waals surface area contributed by atoms with E-state index in [0.717, 1.165) is 51.4 Å². The Balaban J connectivity index is 1.57. The van der Waals surface area contributed by atoms with Crippen LogP contribution in [0.15, 0.2) is 60.8 Å². The van der Waals surface area contributed by atoms with Gasteiger partial charge in [-0.15, -0.1) is 0 Å². The van der Waals surface area contributed by atoms with Gasteiger partial charge >= 0.3 is 0 Å². The molecule has 2 fully saturated rings. The molecule has 0 aromatic rings. The molecule has 0 aromatic heterocycles. The van der Waals surface area contributed by atoms with Crippen molar-refractivity contribution in [1.82, 2.24) is 5.32 Å². The number of ether oxygens (including phenoxy) is 4. The lowest BCUT2D eigenvalue weighted by Gasteiger charge is -2.46. The number of unbranched alkanes of at least 4 members (excludes halogenated alkanes) is 41. The third kappa shape index (κ3) is 43.6. The Bertz CT molecular complexity index is 1740. The molecule has 0 spiro atoms. The molecule has 0 bridgehead atoms. The summed E-state index contributed by atoms with van der Waals surface area (Å²) in [7, 11) is 0. The van der Waals surface area contributed by atoms with Crippen molar-refractivity contribution in [2.75, 3.05) is 19.8 Å². The smallest absolute Gasteiger partial charge is 0.220 e. The zero-order valence-corrected chi connectivity index (χ0v) is 57.4. The summed E-state index contributed by atoms with van der Waals surface area (Å²) in [6, 6.07) is -0.938. The molecule has 2 saturated heterocycles. The number of amides is 1. The molecule has 2 heterocycles. The van der Waals surface area contributed by atoms with Crippen LogP contribution in [0.1, 0.15) is 322 Å². The third-order valence-corrected chi connectivity index (χ3v) is 18.2. The first kappa shape index (κ1) is 83.8. The highest BCUT2D eigenvalue weighted by Crippen LogP contribution is 2.30. The summed E-state index contributed by atoms with van der Waals surface area (Å²) in [5.41, 5.74) is 0. The summed E-state index contributed by atoms with van der Waals surface area (Å²) in [6.45, 7) is 2.78. The Morgan fingerprint density at radius 2 is 0.744 bits per heavy atom. The summed E-state index contributed by atoms with van der Waals surface area (Å²) in [5, 5.41) is 87.4. The molecule has 2 aliphatic heterocycles. The molecular weight excluding hydrogens is 1130 g/mol. The van der Waals surface area contributed by atoms with E-state index in [9.17, 15) is 45.6 Å². The minimum absolute atomic E-state index is 0.249. The number of hydrogen-bond donors (Lipinski definition) is 9. The quantitative estimate of drug-likeness (QED) is 0.0204. The molecule has 1 amide bonds. The van der Waals surface area contributed by atoms with E-state index in [1.807, 2.05) is 6.08 Å². The average Bonchev–Trinajstić information content (AvgIpc) is 1.04. The van der Waals surface area contributed by atoms with Crippen molar-refractivity contribution in [2.45, 2.75) is 396 Å². The maximum absolute atomic E-state index is 13.3. The van der Waals surface area contributed by atoms with Crippen LogP contribution in [-0.2, 0) is 23.7 Å². The number of hydrogen-bond acceptors (Lipinski definition) is 13. The van der Waals surface area contributed by atoms with Gasteiger partial charge in [0.15, 0.2) is 12.6 Å². The summed E-state index contributed by atoms with van der Waals surface area (Å²) < 4.78 is 22.8. The second-order valence-electron chi connectivity index (χ2n) is 26.4. The van der Waals surface area contributed by atoms with Gasteiger partial charge in [0.25, 0.3) is 0 Å². The molecule has 0 saturated carbocycles. The average molecular weight is 1270 g/mol. The topological polar surface area (TPSA) is 228 Å². The highest BCUT2D eigenvalue weighted by atomic mass is 16.7. The number of nitrogens with one attached hydrogen (secondary N) is 1. The van der Waals surface area contributed by atoms with Gasteiger partial charge in [0.2, 0.25) is 5.91 Å². The van der Waals surface area contributed by atoms with Crippen molar-refractivity contribution >= 4 is 5.91 Å². The first-order valence-electron chi connectivity index (χ1n) is 37.5. The van der Waals surface area contributed by atoms with Gasteiger partial charge in [-0.2, -0.15) is 0 Å². The minimum Gasteiger partial charge on any atom is -0.394 e. The van der Waals surface area contributed by atoms with Gasteiger partial charge in [-0.25, -0.2) is 0 Å². The van der Waals surface area contributed by atoms with Crippen molar-refractivity contribution in [3.8, 4) is 0 Å². The monoisotopic (exact) mass is 1270 g/mol. The fraction of sp³-hybridized carbons (Fsp3) is 0.855. The molecule has 90 heavy (non-hydrogen) atoms. The van der Waals surface area contributed by atoms with E-state index in [4.69, 9.17) is 18.9 Å². The highest BCUT2D eigenvalue weighted by molar-refractivity contribution is 5.76. The van der Waals surface area contributed by atoms with Crippen molar-refractivity contribution in [1.29, 1.82) is 0 Å². The van der Waals surface area contributed by atoms with Crippen molar-refractivity contribution in [2.24, 2.45) is 0 Å². The number of carbonyl (C=O) groups excluding carboxylic acids is 1.